The first-order valence-corrected chi connectivity index (χ1v) is 9.01. The van der Waals surface area contributed by atoms with Gasteiger partial charge in [0, 0.05) is 30.8 Å². The number of benzene rings is 2. The van der Waals surface area contributed by atoms with Crippen LogP contribution in [0.15, 0.2) is 42.5 Å². The van der Waals surface area contributed by atoms with Crippen LogP contribution in [0.25, 0.3) is 0 Å². The second-order valence-corrected chi connectivity index (χ2v) is 6.45. The Morgan fingerprint density at radius 2 is 1.67 bits per heavy atom. The van der Waals surface area contributed by atoms with E-state index in [4.69, 9.17) is 9.47 Å². The average Bonchev–Trinajstić information content (AvgIpc) is 3.26. The van der Waals surface area contributed by atoms with Crippen LogP contribution in [-0.4, -0.2) is 44.0 Å². The van der Waals surface area contributed by atoms with Crippen LogP contribution in [0.2, 0.25) is 0 Å². The molecule has 1 heterocycles. The summed E-state index contributed by atoms with van der Waals surface area (Å²) in [4.78, 5) is 26.8. The maximum Gasteiger partial charge on any atom is 0.253 e. The van der Waals surface area contributed by atoms with E-state index in [0.717, 1.165) is 31.5 Å². The van der Waals surface area contributed by atoms with Gasteiger partial charge in [-0.2, -0.15) is 0 Å². The highest BCUT2D eigenvalue weighted by Gasteiger charge is 2.20. The molecule has 6 nitrogen and oxygen atoms in total. The molecule has 3 rings (SSSR count). The minimum atomic E-state index is -0.221. The molecule has 1 fully saturated rings. The molecule has 0 spiro atoms. The van der Waals surface area contributed by atoms with Crippen molar-refractivity contribution in [3.05, 3.63) is 59.2 Å². The Morgan fingerprint density at radius 3 is 2.37 bits per heavy atom. The summed E-state index contributed by atoms with van der Waals surface area (Å²) in [6, 6.07) is 12.4. The summed E-state index contributed by atoms with van der Waals surface area (Å²) in [6.45, 7) is 1.92. The monoisotopic (exact) mass is 368 g/mol. The Balaban J connectivity index is 1.66. The minimum Gasteiger partial charge on any atom is -0.493 e. The quantitative estimate of drug-likeness (QED) is 0.851. The van der Waals surface area contributed by atoms with Gasteiger partial charge in [0.05, 0.1) is 14.2 Å². The summed E-state index contributed by atoms with van der Waals surface area (Å²) < 4.78 is 10.5. The van der Waals surface area contributed by atoms with Gasteiger partial charge in [0.2, 0.25) is 0 Å². The molecule has 0 radical (unpaired) electrons. The van der Waals surface area contributed by atoms with E-state index in [1.165, 1.54) is 0 Å². The van der Waals surface area contributed by atoms with Crippen LogP contribution < -0.4 is 14.8 Å². The van der Waals surface area contributed by atoms with E-state index in [1.807, 2.05) is 17.0 Å². The van der Waals surface area contributed by atoms with E-state index in [-0.39, 0.29) is 11.8 Å². The van der Waals surface area contributed by atoms with Gasteiger partial charge in [0.1, 0.15) is 0 Å². The summed E-state index contributed by atoms with van der Waals surface area (Å²) in [6.07, 6.45) is 2.08. The van der Waals surface area contributed by atoms with E-state index >= 15 is 0 Å². The molecule has 0 aliphatic carbocycles. The highest BCUT2D eigenvalue weighted by molar-refractivity contribution is 5.99. The van der Waals surface area contributed by atoms with Gasteiger partial charge < -0.3 is 19.7 Å². The zero-order valence-corrected chi connectivity index (χ0v) is 15.7. The summed E-state index contributed by atoms with van der Waals surface area (Å²) >= 11 is 0. The Labute approximate surface area is 159 Å². The number of nitrogens with one attached hydrogen (secondary N) is 1. The van der Waals surface area contributed by atoms with Crippen LogP contribution in [0.1, 0.15) is 39.1 Å². The van der Waals surface area contributed by atoms with E-state index in [0.29, 0.717) is 29.2 Å². The fourth-order valence-corrected chi connectivity index (χ4v) is 3.17. The Bertz CT molecular complexity index is 829. The van der Waals surface area contributed by atoms with Crippen LogP contribution in [0.4, 0.5) is 0 Å². The smallest absolute Gasteiger partial charge is 0.253 e. The fourth-order valence-electron chi connectivity index (χ4n) is 3.17. The molecule has 2 amide bonds. The molecular weight excluding hydrogens is 344 g/mol. The highest BCUT2D eigenvalue weighted by Crippen LogP contribution is 2.27. The molecular formula is C21H24N2O4. The number of hydrogen-bond acceptors (Lipinski definition) is 4. The summed E-state index contributed by atoms with van der Waals surface area (Å²) in [5.74, 6) is 1.02. The lowest BCUT2D eigenvalue weighted by Gasteiger charge is -2.15. The fraction of sp³-hybridized carbons (Fsp3) is 0.333. The number of rotatable bonds is 6. The second kappa shape index (κ2) is 8.58. The van der Waals surface area contributed by atoms with Crippen LogP contribution in [0.3, 0.4) is 0 Å². The predicted molar refractivity (Wildman–Crippen MR) is 102 cm³/mol. The highest BCUT2D eigenvalue weighted by atomic mass is 16.5. The van der Waals surface area contributed by atoms with Crippen molar-refractivity contribution in [2.45, 2.75) is 19.4 Å². The van der Waals surface area contributed by atoms with Crippen molar-refractivity contribution in [3.63, 3.8) is 0 Å². The average molecular weight is 368 g/mol. The number of nitrogens with zero attached hydrogens (tertiary/aromatic N) is 1. The third-order valence-corrected chi connectivity index (χ3v) is 4.67. The van der Waals surface area contributed by atoms with Gasteiger partial charge in [0.15, 0.2) is 11.5 Å². The van der Waals surface area contributed by atoms with Crippen molar-refractivity contribution in [3.8, 4) is 11.5 Å². The Morgan fingerprint density at radius 1 is 0.963 bits per heavy atom. The molecule has 0 aromatic heterocycles. The number of amides is 2. The zero-order chi connectivity index (χ0) is 19.2. The molecule has 6 heteroatoms. The van der Waals surface area contributed by atoms with E-state index < -0.39 is 0 Å². The maximum atomic E-state index is 12.5. The van der Waals surface area contributed by atoms with Gasteiger partial charge in [-0.15, -0.1) is 0 Å². The Kier molecular flexibility index (Phi) is 5.96. The topological polar surface area (TPSA) is 67.9 Å². The normalized spacial score (nSPS) is 13.3. The van der Waals surface area contributed by atoms with Crippen LogP contribution in [0.5, 0.6) is 11.5 Å². The summed E-state index contributed by atoms with van der Waals surface area (Å²) in [5.41, 5.74) is 1.92. The van der Waals surface area contributed by atoms with Gasteiger partial charge in [-0.1, -0.05) is 12.1 Å². The van der Waals surface area contributed by atoms with Crippen molar-refractivity contribution >= 4 is 11.8 Å². The molecule has 0 atom stereocenters. The largest absolute Gasteiger partial charge is 0.493 e. The number of likely N-dealkylation sites (tertiary alicyclic amines) is 1. The molecule has 1 aliphatic heterocycles. The summed E-state index contributed by atoms with van der Waals surface area (Å²) in [7, 11) is 3.15. The number of carbonyl (C=O) groups is 2. The molecule has 0 saturated carbocycles. The molecule has 2 aromatic carbocycles. The van der Waals surface area contributed by atoms with Crippen molar-refractivity contribution < 1.29 is 19.1 Å². The number of ether oxygens (including phenoxy) is 2. The second-order valence-electron chi connectivity index (χ2n) is 6.45. The zero-order valence-electron chi connectivity index (χ0n) is 15.7. The predicted octanol–water partition coefficient (Wildman–Crippen LogP) is 2.87. The summed E-state index contributed by atoms with van der Waals surface area (Å²) in [5, 5.41) is 2.88. The number of carbonyl (C=O) groups excluding carboxylic acids is 2. The van der Waals surface area contributed by atoms with Crippen LogP contribution in [-0.2, 0) is 6.54 Å². The van der Waals surface area contributed by atoms with E-state index in [9.17, 15) is 9.59 Å². The Hall–Kier alpha value is -3.02. The van der Waals surface area contributed by atoms with Gasteiger partial charge in [-0.05, 0) is 48.7 Å². The standard InChI is InChI=1S/C21H24N2O4/c1-26-18-9-8-15(12-19(18)27-2)14-22-20(24)16-6-5-7-17(13-16)21(25)23-10-3-4-11-23/h5-9,12-13H,3-4,10-11,14H2,1-2H3,(H,22,24). The van der Waals surface area contributed by atoms with Gasteiger partial charge >= 0.3 is 0 Å². The first-order valence-electron chi connectivity index (χ1n) is 9.01. The van der Waals surface area contributed by atoms with Gasteiger partial charge in [-0.25, -0.2) is 0 Å². The lowest BCUT2D eigenvalue weighted by molar-refractivity contribution is 0.0793. The number of hydrogen-bond donors (Lipinski definition) is 1. The van der Waals surface area contributed by atoms with E-state index in [2.05, 4.69) is 5.32 Å². The first-order chi connectivity index (χ1) is 13.1. The molecule has 1 saturated heterocycles. The molecule has 27 heavy (non-hydrogen) atoms. The van der Waals surface area contributed by atoms with Crippen LogP contribution in [0, 0.1) is 0 Å². The van der Waals surface area contributed by atoms with Crippen molar-refractivity contribution in [2.75, 3.05) is 27.3 Å². The maximum absolute atomic E-state index is 12.5. The molecule has 2 aromatic rings. The SMILES string of the molecule is COc1ccc(CNC(=O)c2cccc(C(=O)N3CCCC3)c2)cc1OC. The molecule has 0 unspecified atom stereocenters. The molecule has 1 N–H and O–H groups in total. The first kappa shape index (κ1) is 18.8. The van der Waals surface area contributed by atoms with Crippen molar-refractivity contribution in [1.82, 2.24) is 10.2 Å². The number of methoxy groups -OCH3 is 2. The molecule has 142 valence electrons. The third-order valence-electron chi connectivity index (χ3n) is 4.67. The van der Waals surface area contributed by atoms with Gasteiger partial charge in [-0.3, -0.25) is 9.59 Å². The lowest BCUT2D eigenvalue weighted by Crippen LogP contribution is -2.28. The molecule has 0 bridgehead atoms. The van der Waals surface area contributed by atoms with Crippen molar-refractivity contribution in [2.24, 2.45) is 0 Å². The van der Waals surface area contributed by atoms with Crippen molar-refractivity contribution in [1.29, 1.82) is 0 Å². The van der Waals surface area contributed by atoms with Gasteiger partial charge in [0.25, 0.3) is 11.8 Å². The third kappa shape index (κ3) is 4.39. The molecule has 1 aliphatic rings. The lowest BCUT2D eigenvalue weighted by atomic mass is 10.1. The van der Waals surface area contributed by atoms with Crippen LogP contribution >= 0.6 is 0 Å². The minimum absolute atomic E-state index is 0.0120. The van der Waals surface area contributed by atoms with E-state index in [1.54, 1.807) is 44.6 Å².